The van der Waals surface area contributed by atoms with Crippen LogP contribution in [0.25, 0.3) is 6.08 Å². The van der Waals surface area contributed by atoms with E-state index < -0.39 is 27.8 Å². The molecule has 1 atom stereocenters. The van der Waals surface area contributed by atoms with Crippen molar-refractivity contribution in [1.29, 1.82) is 5.26 Å². The van der Waals surface area contributed by atoms with Gasteiger partial charge in [0.2, 0.25) is 11.8 Å². The predicted octanol–water partition coefficient (Wildman–Crippen LogP) is 1.91. The molecule has 1 N–H and O–H groups in total. The number of hydrogen-bond acceptors (Lipinski definition) is 7. The molecule has 3 rings (SSSR count). The molecule has 2 amide bonds. The van der Waals surface area contributed by atoms with Crippen LogP contribution in [0.4, 0.5) is 5.82 Å². The quantitative estimate of drug-likeness (QED) is 0.453. The second kappa shape index (κ2) is 11.2. The SMILES string of the molecule is C=CCC(C(=O)NS(=O)(=O)/C=C/c1ccccc1)C(=O)N1CCN(c2ccc(C#N)cn2)CC1. The first kappa shape index (κ1) is 24.7. The number of pyridine rings is 1. The van der Waals surface area contributed by atoms with Gasteiger partial charge in [0, 0.05) is 32.4 Å². The van der Waals surface area contributed by atoms with Crippen molar-refractivity contribution in [2.24, 2.45) is 5.92 Å². The molecule has 2 heterocycles. The van der Waals surface area contributed by atoms with E-state index >= 15 is 0 Å². The Morgan fingerprint density at radius 2 is 1.85 bits per heavy atom. The topological polar surface area (TPSA) is 123 Å². The third kappa shape index (κ3) is 6.52. The second-order valence-corrected chi connectivity index (χ2v) is 9.20. The molecule has 2 aromatic rings. The van der Waals surface area contributed by atoms with Gasteiger partial charge in [0.25, 0.3) is 10.0 Å². The third-order valence-electron chi connectivity index (χ3n) is 5.29. The first-order chi connectivity index (χ1) is 16.3. The molecule has 0 radical (unpaired) electrons. The van der Waals surface area contributed by atoms with E-state index in [0.29, 0.717) is 43.1 Å². The summed E-state index contributed by atoms with van der Waals surface area (Å²) in [5.74, 6) is -1.84. The lowest BCUT2D eigenvalue weighted by Gasteiger charge is -2.36. The highest BCUT2D eigenvalue weighted by Gasteiger charge is 2.33. The van der Waals surface area contributed by atoms with Crippen molar-refractivity contribution in [2.45, 2.75) is 6.42 Å². The molecule has 10 heteroatoms. The summed E-state index contributed by atoms with van der Waals surface area (Å²) in [5.41, 5.74) is 1.12. The maximum Gasteiger partial charge on any atom is 0.257 e. The highest BCUT2D eigenvalue weighted by Crippen LogP contribution is 2.17. The maximum absolute atomic E-state index is 13.1. The molecule has 0 spiro atoms. The number of sulfonamides is 1. The van der Waals surface area contributed by atoms with Crippen LogP contribution in [-0.2, 0) is 19.6 Å². The van der Waals surface area contributed by atoms with Crippen LogP contribution in [-0.4, -0.2) is 56.3 Å². The number of aromatic nitrogens is 1. The number of allylic oxidation sites excluding steroid dienone is 1. The zero-order valence-corrected chi connectivity index (χ0v) is 19.3. The van der Waals surface area contributed by atoms with Crippen molar-refractivity contribution in [3.05, 3.63) is 77.9 Å². The van der Waals surface area contributed by atoms with Gasteiger partial charge in [0.15, 0.2) is 0 Å². The summed E-state index contributed by atoms with van der Waals surface area (Å²) < 4.78 is 26.7. The van der Waals surface area contributed by atoms with E-state index in [2.05, 4.69) is 11.6 Å². The second-order valence-electron chi connectivity index (χ2n) is 7.63. The van der Waals surface area contributed by atoms with Gasteiger partial charge >= 0.3 is 0 Å². The Kier molecular flexibility index (Phi) is 8.16. The predicted molar refractivity (Wildman–Crippen MR) is 129 cm³/mol. The van der Waals surface area contributed by atoms with E-state index in [1.165, 1.54) is 18.3 Å². The van der Waals surface area contributed by atoms with Gasteiger partial charge in [-0.1, -0.05) is 36.4 Å². The van der Waals surface area contributed by atoms with Gasteiger partial charge in [-0.2, -0.15) is 5.26 Å². The number of anilines is 1. The highest BCUT2D eigenvalue weighted by molar-refractivity contribution is 7.93. The van der Waals surface area contributed by atoms with E-state index in [1.54, 1.807) is 47.4 Å². The fraction of sp³-hybridized carbons (Fsp3) is 0.250. The summed E-state index contributed by atoms with van der Waals surface area (Å²) in [5, 5.41) is 9.80. The van der Waals surface area contributed by atoms with Crippen LogP contribution in [0.3, 0.4) is 0 Å². The van der Waals surface area contributed by atoms with Crippen LogP contribution in [0.2, 0.25) is 0 Å². The molecule has 0 saturated carbocycles. The lowest BCUT2D eigenvalue weighted by atomic mass is 10.0. The monoisotopic (exact) mass is 479 g/mol. The summed E-state index contributed by atoms with van der Waals surface area (Å²) in [7, 11) is -4.08. The number of rotatable bonds is 8. The molecule has 1 saturated heterocycles. The molecule has 176 valence electrons. The Morgan fingerprint density at radius 1 is 1.15 bits per heavy atom. The number of carbonyl (C=O) groups excluding carboxylic acids is 2. The van der Waals surface area contributed by atoms with Gasteiger partial charge in [-0.25, -0.2) is 18.1 Å². The average Bonchev–Trinajstić information content (AvgIpc) is 2.86. The summed E-state index contributed by atoms with van der Waals surface area (Å²) >= 11 is 0. The summed E-state index contributed by atoms with van der Waals surface area (Å²) in [4.78, 5) is 33.6. The average molecular weight is 480 g/mol. The molecule has 0 bridgehead atoms. The molecule has 0 aliphatic carbocycles. The molecular formula is C24H25N5O4S. The first-order valence-electron chi connectivity index (χ1n) is 10.6. The standard InChI is InChI=1S/C24H25N5O4S/c1-2-6-21(23(30)27-34(32,33)16-11-19-7-4-3-5-8-19)24(31)29-14-12-28(13-15-29)22-10-9-20(17-25)18-26-22/h2-5,7-11,16,18,21H,1,6,12-15H2,(H,27,30)/b16-11+. The van der Waals surface area contributed by atoms with Gasteiger partial charge in [-0.3, -0.25) is 9.59 Å². The van der Waals surface area contributed by atoms with Crippen molar-refractivity contribution in [1.82, 2.24) is 14.6 Å². The Hall–Kier alpha value is -3.97. The van der Waals surface area contributed by atoms with E-state index in [1.807, 2.05) is 15.7 Å². The molecule has 1 unspecified atom stereocenters. The van der Waals surface area contributed by atoms with E-state index in [0.717, 1.165) is 5.41 Å². The Balaban J connectivity index is 1.62. The largest absolute Gasteiger partial charge is 0.353 e. The number of piperazine rings is 1. The zero-order valence-electron chi connectivity index (χ0n) is 18.5. The molecular weight excluding hydrogens is 454 g/mol. The lowest BCUT2D eigenvalue weighted by molar-refractivity contribution is -0.141. The molecule has 9 nitrogen and oxygen atoms in total. The summed E-state index contributed by atoms with van der Waals surface area (Å²) in [6.45, 7) is 5.28. The van der Waals surface area contributed by atoms with Gasteiger partial charge in [-0.15, -0.1) is 6.58 Å². The number of nitrogens with zero attached hydrogens (tertiary/aromatic N) is 4. The van der Waals surface area contributed by atoms with Crippen LogP contribution in [0, 0.1) is 17.2 Å². The Morgan fingerprint density at radius 3 is 2.44 bits per heavy atom. The Labute approximate surface area is 199 Å². The van der Waals surface area contributed by atoms with Crippen LogP contribution in [0.5, 0.6) is 0 Å². The molecule has 1 aromatic heterocycles. The van der Waals surface area contributed by atoms with E-state index in [9.17, 15) is 18.0 Å². The number of nitriles is 1. The molecule has 1 aliphatic heterocycles. The van der Waals surface area contributed by atoms with Gasteiger partial charge in [0.05, 0.1) is 11.0 Å². The van der Waals surface area contributed by atoms with Crippen molar-refractivity contribution in [3.8, 4) is 6.07 Å². The summed E-state index contributed by atoms with van der Waals surface area (Å²) in [6, 6.07) is 14.2. The number of amides is 2. The molecule has 1 aliphatic rings. The maximum atomic E-state index is 13.1. The molecule has 34 heavy (non-hydrogen) atoms. The van der Waals surface area contributed by atoms with Crippen molar-refractivity contribution >= 4 is 33.7 Å². The minimum Gasteiger partial charge on any atom is -0.353 e. The van der Waals surface area contributed by atoms with Gasteiger partial charge in [-0.05, 0) is 30.2 Å². The van der Waals surface area contributed by atoms with Crippen LogP contribution >= 0.6 is 0 Å². The number of benzene rings is 1. The minimum absolute atomic E-state index is 0.0139. The van der Waals surface area contributed by atoms with Crippen molar-refractivity contribution < 1.29 is 18.0 Å². The van der Waals surface area contributed by atoms with Crippen molar-refractivity contribution in [2.75, 3.05) is 31.1 Å². The number of nitrogens with one attached hydrogen (secondary N) is 1. The third-order valence-corrected chi connectivity index (χ3v) is 6.27. The smallest absolute Gasteiger partial charge is 0.257 e. The molecule has 1 fully saturated rings. The number of carbonyl (C=O) groups is 2. The van der Waals surface area contributed by atoms with Gasteiger partial charge in [0.1, 0.15) is 17.8 Å². The van der Waals surface area contributed by atoms with Gasteiger partial charge < -0.3 is 9.80 Å². The fourth-order valence-corrected chi connectivity index (χ4v) is 4.31. The van der Waals surface area contributed by atoms with Crippen LogP contribution < -0.4 is 9.62 Å². The number of hydrogen-bond donors (Lipinski definition) is 1. The zero-order chi connectivity index (χ0) is 24.6. The normalized spacial score (nSPS) is 14.9. The lowest BCUT2D eigenvalue weighted by Crippen LogP contribution is -2.52. The summed E-state index contributed by atoms with van der Waals surface area (Å²) in [6.07, 6.45) is 4.30. The van der Waals surface area contributed by atoms with E-state index in [-0.39, 0.29) is 6.42 Å². The van der Waals surface area contributed by atoms with Crippen LogP contribution in [0.15, 0.2) is 66.7 Å². The fourth-order valence-electron chi connectivity index (χ4n) is 3.48. The Bertz CT molecular complexity index is 1200. The minimum atomic E-state index is -4.08. The highest BCUT2D eigenvalue weighted by atomic mass is 32.2. The first-order valence-corrected chi connectivity index (χ1v) is 12.2. The van der Waals surface area contributed by atoms with Crippen molar-refractivity contribution in [3.63, 3.8) is 0 Å². The van der Waals surface area contributed by atoms with Crippen LogP contribution in [0.1, 0.15) is 17.5 Å². The molecule has 1 aromatic carbocycles. The van der Waals surface area contributed by atoms with E-state index in [4.69, 9.17) is 5.26 Å².